The quantitative estimate of drug-likeness (QED) is 0.761. The van der Waals surface area contributed by atoms with Crippen LogP contribution in [0.5, 0.6) is 0 Å². The molecule has 0 amide bonds. The zero-order valence-corrected chi connectivity index (χ0v) is 15.9. The molecule has 0 atom stereocenters. The lowest BCUT2D eigenvalue weighted by atomic mass is 10.4. The molecule has 0 aliphatic heterocycles. The van der Waals surface area contributed by atoms with Crippen molar-refractivity contribution in [3.8, 4) is 0 Å². The van der Waals surface area contributed by atoms with Gasteiger partial charge < -0.3 is 0 Å². The summed E-state index contributed by atoms with van der Waals surface area (Å²) < 4.78 is 0. The fourth-order valence-corrected chi connectivity index (χ4v) is 21.9. The number of hydrogen-bond acceptors (Lipinski definition) is 0. The van der Waals surface area contributed by atoms with Gasteiger partial charge in [0.25, 0.3) is 0 Å². The molecule has 0 aliphatic carbocycles. The minimum absolute atomic E-state index is 0.131. The summed E-state index contributed by atoms with van der Waals surface area (Å²) in [7, 11) is -2.55. The fourth-order valence-electron chi connectivity index (χ4n) is 2.57. The second-order valence-electron chi connectivity index (χ2n) is 6.54. The normalized spacial score (nSPS) is 13.1. The molecule has 0 unspecified atom stereocenters. The molecule has 2 rings (SSSR count). The van der Waals surface area contributed by atoms with Crippen molar-refractivity contribution in [2.45, 2.75) is 26.2 Å². The molecule has 0 heterocycles. The van der Waals surface area contributed by atoms with E-state index in [1.54, 1.807) is 10.4 Å². The van der Waals surface area contributed by atoms with Gasteiger partial charge in [-0.05, 0) is 0 Å². The lowest BCUT2D eigenvalue weighted by Crippen LogP contribution is -2.68. The minimum Gasteiger partial charge on any atom is -0.0730 e. The van der Waals surface area contributed by atoms with Crippen molar-refractivity contribution in [1.29, 1.82) is 0 Å². The van der Waals surface area contributed by atoms with E-state index in [2.05, 4.69) is 86.9 Å². The van der Waals surface area contributed by atoms with Gasteiger partial charge in [0, 0.05) is 16.1 Å². The summed E-state index contributed by atoms with van der Waals surface area (Å²) in [5.41, 5.74) is 0. The van der Waals surface area contributed by atoms with E-state index < -0.39 is 14.7 Å². The third-order valence-corrected chi connectivity index (χ3v) is 36.0. The Morgan fingerprint density at radius 2 is 1.16 bits per heavy atom. The molecule has 2 aromatic rings. The lowest BCUT2D eigenvalue weighted by molar-refractivity contribution is 1.71. The highest BCUT2D eigenvalue weighted by atomic mass is 29.6. The number of hydrogen-bond donors (Lipinski definition) is 0. The third-order valence-electron chi connectivity index (χ3n) is 4.68. The van der Waals surface area contributed by atoms with Gasteiger partial charge in [0.15, 0.2) is 0 Å². The van der Waals surface area contributed by atoms with Gasteiger partial charge in [-0.3, -0.25) is 0 Å². The standard InChI is InChI=1S/C16H24Si3/c1-18(2,16-13-9-6-10-14-16)19(3,4)17-15-11-7-5-8-12-15/h5-14H,17H2,1-4H3. The van der Waals surface area contributed by atoms with Gasteiger partial charge in [-0.15, -0.1) is 0 Å². The molecule has 0 bridgehead atoms. The third kappa shape index (κ3) is 3.16. The van der Waals surface area contributed by atoms with Crippen molar-refractivity contribution in [3.63, 3.8) is 0 Å². The first kappa shape index (κ1) is 14.5. The van der Waals surface area contributed by atoms with E-state index in [0.717, 1.165) is 0 Å². The van der Waals surface area contributed by atoms with Crippen LogP contribution in [0.3, 0.4) is 0 Å². The highest BCUT2D eigenvalue weighted by Gasteiger charge is 2.42. The lowest BCUT2D eigenvalue weighted by Gasteiger charge is -2.39. The summed E-state index contributed by atoms with van der Waals surface area (Å²) in [4.78, 5) is 0. The second kappa shape index (κ2) is 5.61. The van der Waals surface area contributed by atoms with Crippen LogP contribution in [-0.2, 0) is 0 Å². The predicted octanol–water partition coefficient (Wildman–Crippen LogP) is 2.38. The molecule has 0 fully saturated rings. The molecule has 19 heavy (non-hydrogen) atoms. The topological polar surface area (TPSA) is 0 Å². The van der Waals surface area contributed by atoms with Crippen molar-refractivity contribution in [1.82, 2.24) is 0 Å². The van der Waals surface area contributed by atoms with Gasteiger partial charge in [-0.1, -0.05) is 97.2 Å². The Kier molecular flexibility index (Phi) is 4.28. The smallest absolute Gasteiger partial charge is 0.0711 e. The molecular formula is C16H24Si3. The van der Waals surface area contributed by atoms with E-state index in [1.165, 1.54) is 0 Å². The maximum atomic E-state index is 2.63. The Morgan fingerprint density at radius 3 is 1.68 bits per heavy atom. The van der Waals surface area contributed by atoms with Crippen LogP contribution in [0.4, 0.5) is 0 Å². The predicted molar refractivity (Wildman–Crippen MR) is 95.7 cm³/mol. The molecule has 100 valence electrons. The van der Waals surface area contributed by atoms with Crippen molar-refractivity contribution in [2.24, 2.45) is 0 Å². The number of rotatable bonds is 4. The Bertz CT molecular complexity index is 518. The minimum atomic E-state index is -1.29. The van der Waals surface area contributed by atoms with E-state index in [1.807, 2.05) is 0 Å². The Labute approximate surface area is 121 Å². The molecule has 0 spiro atoms. The zero-order chi connectivity index (χ0) is 13.9. The molecule has 3 heteroatoms. The van der Waals surface area contributed by atoms with Crippen LogP contribution in [0.2, 0.25) is 26.2 Å². The molecule has 2 aromatic carbocycles. The van der Waals surface area contributed by atoms with E-state index in [4.69, 9.17) is 0 Å². The molecule has 0 N–H and O–H groups in total. The first-order chi connectivity index (χ1) is 8.93. The van der Waals surface area contributed by atoms with Gasteiger partial charge in [-0.25, -0.2) is 0 Å². The van der Waals surface area contributed by atoms with E-state index in [0.29, 0.717) is 0 Å². The van der Waals surface area contributed by atoms with E-state index in [-0.39, 0.29) is 9.04 Å². The van der Waals surface area contributed by atoms with Gasteiger partial charge >= 0.3 is 0 Å². The zero-order valence-electron chi connectivity index (χ0n) is 12.5. The fraction of sp³-hybridized carbons (Fsp3) is 0.250. The van der Waals surface area contributed by atoms with Gasteiger partial charge in [-0.2, -0.15) is 0 Å². The van der Waals surface area contributed by atoms with Crippen molar-refractivity contribution < 1.29 is 0 Å². The van der Waals surface area contributed by atoms with Crippen LogP contribution < -0.4 is 10.4 Å². The highest BCUT2D eigenvalue weighted by Crippen LogP contribution is 2.18. The summed E-state index contributed by atoms with van der Waals surface area (Å²) in [6.45, 7) is 10.4. The molecule has 0 saturated heterocycles. The van der Waals surface area contributed by atoms with Crippen LogP contribution in [-0.4, -0.2) is 23.7 Å². The largest absolute Gasteiger partial charge is 0.0730 e. The summed E-state index contributed by atoms with van der Waals surface area (Å²) >= 11 is 0. The molecule has 0 nitrogen and oxygen atoms in total. The second-order valence-corrected chi connectivity index (χ2v) is 31.6. The van der Waals surface area contributed by atoms with E-state index >= 15 is 0 Å². The van der Waals surface area contributed by atoms with Crippen molar-refractivity contribution >= 4 is 34.1 Å². The van der Waals surface area contributed by atoms with Gasteiger partial charge in [0.05, 0.1) is 7.59 Å². The van der Waals surface area contributed by atoms with Crippen LogP contribution in [0.25, 0.3) is 0 Å². The summed E-state index contributed by atoms with van der Waals surface area (Å²) in [5, 5.41) is 3.30. The van der Waals surface area contributed by atoms with Crippen molar-refractivity contribution in [3.05, 3.63) is 60.7 Å². The molecule has 0 saturated carbocycles. The maximum absolute atomic E-state index is 2.63. The van der Waals surface area contributed by atoms with Gasteiger partial charge in [0.1, 0.15) is 0 Å². The summed E-state index contributed by atoms with van der Waals surface area (Å²) in [6.07, 6.45) is 0. The molecule has 0 aliphatic rings. The van der Waals surface area contributed by atoms with Crippen molar-refractivity contribution in [2.75, 3.05) is 0 Å². The summed E-state index contributed by atoms with van der Waals surface area (Å²) in [6, 6.07) is 22.5. The Morgan fingerprint density at radius 1 is 0.684 bits per heavy atom. The van der Waals surface area contributed by atoms with Crippen LogP contribution in [0.15, 0.2) is 60.7 Å². The van der Waals surface area contributed by atoms with E-state index in [9.17, 15) is 0 Å². The molecular weight excluding hydrogens is 276 g/mol. The first-order valence-corrected chi connectivity index (χ1v) is 17.1. The Hall–Kier alpha value is -0.909. The van der Waals surface area contributed by atoms with Crippen LogP contribution in [0, 0.1) is 0 Å². The highest BCUT2D eigenvalue weighted by molar-refractivity contribution is 7.64. The van der Waals surface area contributed by atoms with Crippen LogP contribution in [0.1, 0.15) is 0 Å². The average molecular weight is 301 g/mol. The molecule has 0 radical (unpaired) electrons. The Balaban J connectivity index is 2.28. The number of benzene rings is 2. The maximum Gasteiger partial charge on any atom is 0.0711 e. The first-order valence-electron chi connectivity index (χ1n) is 7.03. The van der Waals surface area contributed by atoms with Gasteiger partial charge in [0.2, 0.25) is 0 Å². The average Bonchev–Trinajstić information content (AvgIpc) is 2.40. The molecule has 0 aromatic heterocycles. The monoisotopic (exact) mass is 300 g/mol. The SMILES string of the molecule is C[Si](C)([SiH2]c1ccccc1)[Si](C)(C)c1ccccc1. The van der Waals surface area contributed by atoms with Crippen LogP contribution >= 0.6 is 0 Å². The summed E-state index contributed by atoms with van der Waals surface area (Å²) in [5.74, 6) is 0.